The number of rotatable bonds is 6. The maximum absolute atomic E-state index is 5.94. The van der Waals surface area contributed by atoms with Gasteiger partial charge in [0, 0.05) is 17.5 Å². The molecule has 1 unspecified atom stereocenters. The molecule has 0 saturated carbocycles. The highest BCUT2D eigenvalue weighted by Crippen LogP contribution is 2.20. The predicted octanol–water partition coefficient (Wildman–Crippen LogP) is 3.30. The molecule has 90 valence electrons. The van der Waals surface area contributed by atoms with Crippen molar-refractivity contribution in [3.8, 4) is 5.88 Å². The SMILES string of the molecule is CCOc1cccc(NC(C)(CC)CCl)n1. The predicted molar refractivity (Wildman–Crippen MR) is 68.4 cm³/mol. The Morgan fingerprint density at radius 1 is 1.44 bits per heavy atom. The summed E-state index contributed by atoms with van der Waals surface area (Å²) in [4.78, 5) is 4.35. The third-order valence-electron chi connectivity index (χ3n) is 2.52. The van der Waals surface area contributed by atoms with E-state index in [4.69, 9.17) is 16.3 Å². The maximum Gasteiger partial charge on any atom is 0.215 e. The normalized spacial score (nSPS) is 14.2. The number of nitrogens with one attached hydrogen (secondary N) is 1. The summed E-state index contributed by atoms with van der Waals surface area (Å²) in [6.07, 6.45) is 0.942. The van der Waals surface area contributed by atoms with Crippen LogP contribution in [0.15, 0.2) is 18.2 Å². The van der Waals surface area contributed by atoms with Crippen molar-refractivity contribution in [1.82, 2.24) is 4.98 Å². The van der Waals surface area contributed by atoms with Crippen molar-refractivity contribution in [2.45, 2.75) is 32.7 Å². The number of pyridine rings is 1. The highest BCUT2D eigenvalue weighted by atomic mass is 35.5. The van der Waals surface area contributed by atoms with Crippen molar-refractivity contribution in [2.75, 3.05) is 17.8 Å². The lowest BCUT2D eigenvalue weighted by molar-refractivity contribution is 0.327. The molecule has 0 aliphatic heterocycles. The number of halogens is 1. The van der Waals surface area contributed by atoms with E-state index >= 15 is 0 Å². The summed E-state index contributed by atoms with van der Waals surface area (Å²) in [5.41, 5.74) is -0.126. The first kappa shape index (κ1) is 13.1. The summed E-state index contributed by atoms with van der Waals surface area (Å²) in [6.45, 7) is 6.74. The second-order valence-corrected chi connectivity index (χ2v) is 4.23. The lowest BCUT2D eigenvalue weighted by Gasteiger charge is -2.27. The first-order valence-corrected chi connectivity index (χ1v) is 6.11. The zero-order valence-electron chi connectivity index (χ0n) is 10.1. The van der Waals surface area contributed by atoms with Crippen LogP contribution in [0.25, 0.3) is 0 Å². The Hall–Kier alpha value is -0.960. The highest BCUT2D eigenvalue weighted by Gasteiger charge is 2.20. The van der Waals surface area contributed by atoms with Crippen LogP contribution in [-0.4, -0.2) is 23.0 Å². The first-order valence-electron chi connectivity index (χ1n) is 5.57. The summed E-state index contributed by atoms with van der Waals surface area (Å²) in [5, 5.41) is 3.33. The van der Waals surface area contributed by atoms with Gasteiger partial charge in [0.15, 0.2) is 0 Å². The second-order valence-electron chi connectivity index (χ2n) is 3.97. The maximum atomic E-state index is 5.94. The van der Waals surface area contributed by atoms with Crippen LogP contribution in [0, 0.1) is 0 Å². The van der Waals surface area contributed by atoms with Crippen LogP contribution in [0.3, 0.4) is 0 Å². The minimum atomic E-state index is -0.126. The number of aromatic nitrogens is 1. The van der Waals surface area contributed by atoms with Gasteiger partial charge in [-0.05, 0) is 26.3 Å². The Balaban J connectivity index is 2.76. The van der Waals surface area contributed by atoms with Crippen LogP contribution >= 0.6 is 11.6 Å². The zero-order valence-corrected chi connectivity index (χ0v) is 10.8. The van der Waals surface area contributed by atoms with Crippen LogP contribution in [0.1, 0.15) is 27.2 Å². The molecule has 1 aromatic heterocycles. The number of ether oxygens (including phenoxy) is 1. The van der Waals surface area contributed by atoms with Gasteiger partial charge in [0.1, 0.15) is 5.82 Å². The monoisotopic (exact) mass is 242 g/mol. The van der Waals surface area contributed by atoms with E-state index in [0.717, 1.165) is 12.2 Å². The summed E-state index contributed by atoms with van der Waals surface area (Å²) >= 11 is 5.94. The standard InChI is InChI=1S/C12H19ClN2O/c1-4-12(3,9-13)15-10-7-6-8-11(14-10)16-5-2/h6-8H,4-5,9H2,1-3H3,(H,14,15). The second kappa shape index (κ2) is 5.94. The number of hydrogen-bond donors (Lipinski definition) is 1. The molecule has 1 N–H and O–H groups in total. The van der Waals surface area contributed by atoms with Crippen molar-refractivity contribution < 1.29 is 4.74 Å². The van der Waals surface area contributed by atoms with Crippen LogP contribution in [0.5, 0.6) is 5.88 Å². The van der Waals surface area contributed by atoms with Crippen molar-refractivity contribution in [1.29, 1.82) is 0 Å². The molecule has 3 nitrogen and oxygen atoms in total. The van der Waals surface area contributed by atoms with Gasteiger partial charge in [0.25, 0.3) is 0 Å². The van der Waals surface area contributed by atoms with Crippen molar-refractivity contribution >= 4 is 17.4 Å². The van der Waals surface area contributed by atoms with Gasteiger partial charge in [-0.2, -0.15) is 4.98 Å². The zero-order chi connectivity index (χ0) is 12.0. The third-order valence-corrected chi connectivity index (χ3v) is 3.11. The molecule has 0 bridgehead atoms. The Kier molecular flexibility index (Phi) is 4.87. The van der Waals surface area contributed by atoms with E-state index in [0.29, 0.717) is 18.4 Å². The van der Waals surface area contributed by atoms with E-state index < -0.39 is 0 Å². The summed E-state index contributed by atoms with van der Waals surface area (Å²) in [7, 11) is 0. The molecule has 0 spiro atoms. The molecule has 0 fully saturated rings. The smallest absolute Gasteiger partial charge is 0.215 e. The molecule has 1 heterocycles. The molecule has 0 saturated heterocycles. The fraction of sp³-hybridized carbons (Fsp3) is 0.583. The largest absolute Gasteiger partial charge is 0.478 e. The van der Waals surface area contributed by atoms with Gasteiger partial charge in [-0.25, -0.2) is 0 Å². The molecule has 1 aromatic rings. The molecule has 16 heavy (non-hydrogen) atoms. The molecule has 0 aliphatic carbocycles. The highest BCUT2D eigenvalue weighted by molar-refractivity contribution is 6.18. The molecule has 0 amide bonds. The average molecular weight is 243 g/mol. The van der Waals surface area contributed by atoms with Crippen LogP contribution in [-0.2, 0) is 0 Å². The number of alkyl halides is 1. The average Bonchev–Trinajstić information content (AvgIpc) is 2.30. The quantitative estimate of drug-likeness (QED) is 0.778. The lowest BCUT2D eigenvalue weighted by atomic mass is 10.0. The first-order chi connectivity index (χ1) is 7.63. The van der Waals surface area contributed by atoms with Gasteiger partial charge < -0.3 is 10.1 Å². The molecular weight excluding hydrogens is 224 g/mol. The van der Waals surface area contributed by atoms with Gasteiger partial charge >= 0.3 is 0 Å². The van der Waals surface area contributed by atoms with Crippen molar-refractivity contribution in [3.63, 3.8) is 0 Å². The van der Waals surface area contributed by atoms with Crippen molar-refractivity contribution in [2.24, 2.45) is 0 Å². The van der Waals surface area contributed by atoms with Crippen LogP contribution in [0.4, 0.5) is 5.82 Å². The minimum Gasteiger partial charge on any atom is -0.478 e. The summed E-state index contributed by atoms with van der Waals surface area (Å²) < 4.78 is 5.34. The molecule has 1 atom stereocenters. The van der Waals surface area contributed by atoms with Gasteiger partial charge in [0.05, 0.1) is 6.61 Å². The van der Waals surface area contributed by atoms with Gasteiger partial charge in [0.2, 0.25) is 5.88 Å². The summed E-state index contributed by atoms with van der Waals surface area (Å²) in [6, 6.07) is 5.69. The Morgan fingerprint density at radius 3 is 2.75 bits per heavy atom. The molecule has 1 rings (SSSR count). The topological polar surface area (TPSA) is 34.1 Å². The molecular formula is C12H19ClN2O. The minimum absolute atomic E-state index is 0.126. The molecule has 0 aromatic carbocycles. The van der Waals surface area contributed by atoms with E-state index in [1.807, 2.05) is 25.1 Å². The van der Waals surface area contributed by atoms with Crippen LogP contribution < -0.4 is 10.1 Å². The van der Waals surface area contributed by atoms with E-state index in [9.17, 15) is 0 Å². The fourth-order valence-electron chi connectivity index (χ4n) is 1.24. The van der Waals surface area contributed by atoms with E-state index in [1.165, 1.54) is 0 Å². The van der Waals surface area contributed by atoms with E-state index in [1.54, 1.807) is 0 Å². The molecule has 0 radical (unpaired) electrons. The Labute approximate surface area is 102 Å². The van der Waals surface area contributed by atoms with Gasteiger partial charge in [-0.1, -0.05) is 13.0 Å². The number of nitrogens with zero attached hydrogens (tertiary/aromatic N) is 1. The number of hydrogen-bond acceptors (Lipinski definition) is 3. The van der Waals surface area contributed by atoms with Crippen LogP contribution in [0.2, 0.25) is 0 Å². The van der Waals surface area contributed by atoms with E-state index in [-0.39, 0.29) is 5.54 Å². The Morgan fingerprint density at radius 2 is 2.19 bits per heavy atom. The lowest BCUT2D eigenvalue weighted by Crippen LogP contribution is -2.36. The Bertz CT molecular complexity index is 327. The number of anilines is 1. The molecule has 4 heteroatoms. The molecule has 0 aliphatic rings. The fourth-order valence-corrected chi connectivity index (χ4v) is 1.49. The van der Waals surface area contributed by atoms with Gasteiger partial charge in [-0.15, -0.1) is 11.6 Å². The van der Waals surface area contributed by atoms with Crippen molar-refractivity contribution in [3.05, 3.63) is 18.2 Å². The third kappa shape index (κ3) is 3.56. The van der Waals surface area contributed by atoms with Gasteiger partial charge in [-0.3, -0.25) is 0 Å². The van der Waals surface area contributed by atoms with E-state index in [2.05, 4.69) is 24.1 Å². The summed E-state index contributed by atoms with van der Waals surface area (Å²) in [5.74, 6) is 1.99.